The molecule has 1 fully saturated rings. The number of phenolic OH excluding ortho intramolecular Hbond substituents is 1. The first kappa shape index (κ1) is 32.6. The van der Waals surface area contributed by atoms with Crippen LogP contribution in [0.25, 0.3) is 0 Å². The minimum Gasteiger partial charge on any atom is -0.510 e. The zero-order valence-electron chi connectivity index (χ0n) is 26.0. The van der Waals surface area contributed by atoms with E-state index in [0.29, 0.717) is 5.56 Å². The highest BCUT2D eigenvalue weighted by atomic mass is 16.4. The van der Waals surface area contributed by atoms with Crippen LogP contribution in [0.5, 0.6) is 5.75 Å². The number of carbonyl (C=O) groups is 4. The first-order valence-corrected chi connectivity index (χ1v) is 15.0. The predicted octanol–water partition coefficient (Wildman–Crippen LogP) is -0.163. The van der Waals surface area contributed by atoms with Gasteiger partial charge in [-0.15, -0.1) is 0 Å². The summed E-state index contributed by atoms with van der Waals surface area (Å²) in [5.41, 5.74) is -4.23. The maximum atomic E-state index is 14.1. The van der Waals surface area contributed by atoms with Gasteiger partial charge in [0, 0.05) is 11.5 Å². The minimum absolute atomic E-state index is 0.00103. The van der Waals surface area contributed by atoms with E-state index in [1.807, 2.05) is 4.90 Å². The number of fused-ring (bicyclic) bond motifs is 3. The van der Waals surface area contributed by atoms with Gasteiger partial charge in [-0.3, -0.25) is 29.0 Å². The fourth-order valence-corrected chi connectivity index (χ4v) is 7.39. The van der Waals surface area contributed by atoms with Gasteiger partial charge in [0.1, 0.15) is 17.1 Å². The van der Waals surface area contributed by atoms with Gasteiger partial charge in [0.05, 0.1) is 42.5 Å². The minimum atomic E-state index is -2.97. The van der Waals surface area contributed by atoms with E-state index in [9.17, 15) is 44.7 Å². The van der Waals surface area contributed by atoms with Gasteiger partial charge in [0.2, 0.25) is 11.7 Å². The number of aliphatic hydroxyl groups excluding tert-OH is 3. The number of ketones is 2. The van der Waals surface area contributed by atoms with E-state index in [-0.39, 0.29) is 24.5 Å². The smallest absolute Gasteiger partial charge is 0.259 e. The number of Topliss-reactive ketones (excluding diaryl/α,β-unsaturated/α-hetero) is 2. The summed E-state index contributed by atoms with van der Waals surface area (Å²) in [7, 11) is 6.41. The van der Waals surface area contributed by atoms with Crippen LogP contribution >= 0.6 is 0 Å². The lowest BCUT2D eigenvalue weighted by molar-refractivity contribution is -0.162. The van der Waals surface area contributed by atoms with Crippen molar-refractivity contribution in [1.29, 1.82) is 0 Å². The van der Waals surface area contributed by atoms with Crippen LogP contribution in [0.3, 0.4) is 0 Å². The Hall–Kier alpha value is -3.82. The van der Waals surface area contributed by atoms with Gasteiger partial charge in [-0.2, -0.15) is 0 Å². The van der Waals surface area contributed by atoms with Crippen LogP contribution in [0.4, 0.5) is 5.69 Å². The SMILES string of the molecule is CC1c2ccc(NC(=O)CN(C)C)c(O)c2C(=O)C2=C(O)C3(O)C(=O)C(C(=O)NCN4CCCC4)=C(O)[C@@H](N(C)C)C3C(O)C21. The molecule has 0 aromatic heterocycles. The summed E-state index contributed by atoms with van der Waals surface area (Å²) in [5, 5.41) is 63.3. The molecule has 1 aromatic rings. The van der Waals surface area contributed by atoms with Crippen LogP contribution in [0, 0.1) is 11.8 Å². The van der Waals surface area contributed by atoms with Gasteiger partial charge >= 0.3 is 0 Å². The standard InChI is InChI=1S/C31H41N5O9/c1-14-15-8-9-16(33-17(37)12-34(2)3)24(38)19(15)25(39)20-18(14)26(40)22-23(35(4)5)27(41)21(29(43)31(22,45)28(20)42)30(44)32-13-36-10-6-7-11-36/h8-9,14,18,22-23,26,38,40-42,45H,6-7,10-13H2,1-5H3,(H,32,44)(H,33,37)/t14?,18?,22?,23-,26?,31?/m0/s1. The zero-order valence-corrected chi connectivity index (χ0v) is 26.0. The number of rotatable bonds is 7. The summed E-state index contributed by atoms with van der Waals surface area (Å²) in [6.07, 6.45) is 0.229. The molecule has 0 radical (unpaired) electrons. The first-order chi connectivity index (χ1) is 21.1. The van der Waals surface area contributed by atoms with Crippen LogP contribution in [-0.2, 0) is 14.4 Å². The van der Waals surface area contributed by atoms with Crippen molar-refractivity contribution in [2.45, 2.75) is 43.4 Å². The van der Waals surface area contributed by atoms with Crippen LogP contribution in [-0.4, -0.2) is 136 Å². The Morgan fingerprint density at radius 1 is 1.07 bits per heavy atom. The second kappa shape index (κ2) is 11.8. The number of phenols is 1. The number of aromatic hydroxyl groups is 1. The van der Waals surface area contributed by atoms with Crippen LogP contribution in [0.2, 0.25) is 0 Å². The average Bonchev–Trinajstić information content (AvgIpc) is 3.48. The van der Waals surface area contributed by atoms with Gasteiger partial charge in [-0.25, -0.2) is 0 Å². The van der Waals surface area contributed by atoms with Crippen molar-refractivity contribution >= 4 is 29.1 Å². The Morgan fingerprint density at radius 2 is 1.71 bits per heavy atom. The van der Waals surface area contributed by atoms with Crippen LogP contribution in [0.1, 0.15) is 41.6 Å². The summed E-state index contributed by atoms with van der Waals surface area (Å²) in [4.78, 5) is 58.8. The molecular formula is C31H41N5O9. The molecule has 5 rings (SSSR count). The molecular weight excluding hydrogens is 586 g/mol. The predicted molar refractivity (Wildman–Crippen MR) is 162 cm³/mol. The molecule has 0 spiro atoms. The molecule has 3 aliphatic carbocycles. The number of carbonyl (C=O) groups excluding carboxylic acids is 4. The van der Waals surface area contributed by atoms with Crippen LogP contribution in [0.15, 0.2) is 34.8 Å². The highest BCUT2D eigenvalue weighted by Gasteiger charge is 2.67. The third-order valence-corrected chi connectivity index (χ3v) is 9.51. The fourth-order valence-electron chi connectivity index (χ4n) is 7.39. The average molecular weight is 628 g/mol. The van der Waals surface area contributed by atoms with Gasteiger partial charge in [0.25, 0.3) is 5.91 Å². The third kappa shape index (κ3) is 5.10. The van der Waals surface area contributed by atoms with Crippen molar-refractivity contribution in [3.05, 3.63) is 45.9 Å². The number of amides is 2. The van der Waals surface area contributed by atoms with Gasteiger partial charge < -0.3 is 41.1 Å². The molecule has 45 heavy (non-hydrogen) atoms. The molecule has 4 aliphatic rings. The molecule has 6 atom stereocenters. The zero-order chi connectivity index (χ0) is 33.1. The maximum Gasteiger partial charge on any atom is 0.259 e. The second-order valence-corrected chi connectivity index (χ2v) is 12.9. The molecule has 244 valence electrons. The van der Waals surface area contributed by atoms with Crippen molar-refractivity contribution in [1.82, 2.24) is 20.0 Å². The van der Waals surface area contributed by atoms with E-state index < -0.39 is 87.3 Å². The number of likely N-dealkylation sites (N-methyl/N-ethyl adjacent to an activating group) is 2. The molecule has 1 aromatic carbocycles. The van der Waals surface area contributed by atoms with E-state index in [0.717, 1.165) is 25.9 Å². The quantitative estimate of drug-likeness (QED) is 0.156. The van der Waals surface area contributed by atoms with E-state index in [2.05, 4.69) is 10.6 Å². The number of anilines is 1. The first-order valence-electron chi connectivity index (χ1n) is 15.0. The third-order valence-electron chi connectivity index (χ3n) is 9.51. The van der Waals surface area contributed by atoms with E-state index in [1.54, 1.807) is 25.9 Å². The highest BCUT2D eigenvalue weighted by Crippen LogP contribution is 2.56. The number of hydrogen-bond acceptors (Lipinski definition) is 12. The normalized spacial score (nSPS) is 30.0. The fraction of sp³-hybridized carbons (Fsp3) is 0.548. The van der Waals surface area contributed by atoms with Crippen molar-refractivity contribution in [2.75, 3.05) is 59.8 Å². The lowest BCUT2D eigenvalue weighted by Gasteiger charge is -2.53. The molecule has 0 saturated carbocycles. The molecule has 7 N–H and O–H groups in total. The number of aliphatic hydroxyl groups is 4. The number of nitrogens with one attached hydrogen (secondary N) is 2. The molecule has 0 bridgehead atoms. The lowest BCUT2D eigenvalue weighted by atomic mass is 9.55. The Morgan fingerprint density at radius 3 is 2.31 bits per heavy atom. The molecule has 14 heteroatoms. The molecule has 1 saturated heterocycles. The summed E-state index contributed by atoms with van der Waals surface area (Å²) in [5.74, 6) is -9.49. The van der Waals surface area contributed by atoms with E-state index in [1.165, 1.54) is 31.1 Å². The molecule has 14 nitrogen and oxygen atoms in total. The summed E-state index contributed by atoms with van der Waals surface area (Å²) in [6.45, 7) is 3.22. The number of hydrogen-bond donors (Lipinski definition) is 7. The highest BCUT2D eigenvalue weighted by molar-refractivity contribution is 6.25. The Kier molecular flexibility index (Phi) is 8.57. The van der Waals surface area contributed by atoms with Crippen molar-refractivity contribution in [3.63, 3.8) is 0 Å². The number of nitrogens with zero attached hydrogens (tertiary/aromatic N) is 3. The summed E-state index contributed by atoms with van der Waals surface area (Å²) in [6, 6.07) is 1.66. The van der Waals surface area contributed by atoms with Crippen molar-refractivity contribution in [3.8, 4) is 5.75 Å². The second-order valence-electron chi connectivity index (χ2n) is 12.9. The van der Waals surface area contributed by atoms with Crippen molar-refractivity contribution < 1.29 is 44.7 Å². The maximum absolute atomic E-state index is 14.1. The topological polar surface area (TPSA) is 203 Å². The molecule has 2 amide bonds. The van der Waals surface area contributed by atoms with E-state index in [4.69, 9.17) is 0 Å². The largest absolute Gasteiger partial charge is 0.510 e. The monoisotopic (exact) mass is 627 g/mol. The number of likely N-dealkylation sites (tertiary alicyclic amines) is 1. The van der Waals surface area contributed by atoms with Crippen molar-refractivity contribution in [2.24, 2.45) is 11.8 Å². The molecule has 1 heterocycles. The Bertz CT molecular complexity index is 1510. The lowest BCUT2D eigenvalue weighted by Crippen LogP contribution is -2.68. The van der Waals surface area contributed by atoms with Gasteiger partial charge in [-0.1, -0.05) is 13.0 Å². The Labute approximate surface area is 260 Å². The van der Waals surface area contributed by atoms with Crippen LogP contribution < -0.4 is 10.6 Å². The number of benzene rings is 1. The molecule has 1 aliphatic heterocycles. The molecule has 5 unspecified atom stereocenters. The van der Waals surface area contributed by atoms with E-state index >= 15 is 0 Å². The Balaban J connectivity index is 1.61. The van der Waals surface area contributed by atoms with Gasteiger partial charge in [-0.05, 0) is 71.7 Å². The summed E-state index contributed by atoms with van der Waals surface area (Å²) >= 11 is 0. The van der Waals surface area contributed by atoms with Gasteiger partial charge in [0.15, 0.2) is 17.1 Å². The summed E-state index contributed by atoms with van der Waals surface area (Å²) < 4.78 is 0.